The molecule has 0 radical (unpaired) electrons. The van der Waals surface area contributed by atoms with Crippen molar-refractivity contribution in [2.24, 2.45) is 5.92 Å². The summed E-state index contributed by atoms with van der Waals surface area (Å²) in [6, 6.07) is -1.20. The lowest BCUT2D eigenvalue weighted by atomic mass is 10.2. The second-order valence-corrected chi connectivity index (χ2v) is 9.69. The molecule has 1 aliphatic carbocycles. The highest BCUT2D eigenvalue weighted by atomic mass is 16.6. The molecule has 3 saturated heterocycles. The second-order valence-electron chi connectivity index (χ2n) is 9.69. The fourth-order valence-electron chi connectivity index (χ4n) is 3.97. The summed E-state index contributed by atoms with van der Waals surface area (Å²) in [6.45, 7) is 7.84. The Hall–Kier alpha value is -1.54. The predicted molar refractivity (Wildman–Crippen MR) is 117 cm³/mol. The van der Waals surface area contributed by atoms with E-state index >= 15 is 0 Å². The SMILES string of the molecule is CC(CN1C(=O)N(CC(C)OC2CC2CO)C(=O)N(CC(C)OCC2CO2)C1O)OCC1CO1. The zero-order valence-electron chi connectivity index (χ0n) is 20.1. The van der Waals surface area contributed by atoms with Crippen molar-refractivity contribution in [2.45, 2.75) is 70.2 Å². The van der Waals surface area contributed by atoms with Gasteiger partial charge < -0.3 is 33.9 Å². The maximum absolute atomic E-state index is 13.3. The lowest BCUT2D eigenvalue weighted by Gasteiger charge is -2.46. The zero-order chi connectivity index (χ0) is 24.4. The first-order valence-corrected chi connectivity index (χ1v) is 12.1. The molecule has 7 unspecified atom stereocenters. The van der Waals surface area contributed by atoms with E-state index in [4.69, 9.17) is 23.7 Å². The topological polar surface area (TPSA) is 137 Å². The quantitative estimate of drug-likeness (QED) is 0.301. The Morgan fingerprint density at radius 2 is 1.41 bits per heavy atom. The van der Waals surface area contributed by atoms with Gasteiger partial charge >= 0.3 is 12.1 Å². The minimum absolute atomic E-state index is 0.0301. The van der Waals surface area contributed by atoms with Gasteiger partial charge in [-0.3, -0.25) is 9.80 Å². The number of hydrogen-bond acceptors (Lipinski definition) is 9. The van der Waals surface area contributed by atoms with Gasteiger partial charge in [0.1, 0.15) is 12.2 Å². The number of aliphatic hydroxyl groups is 2. The number of epoxide rings is 2. The third kappa shape index (κ3) is 6.78. The number of ether oxygens (including phenoxy) is 5. The molecule has 12 heteroatoms. The minimum atomic E-state index is -1.44. The Labute approximate surface area is 199 Å². The first-order chi connectivity index (χ1) is 16.3. The molecule has 0 aromatic heterocycles. The van der Waals surface area contributed by atoms with Gasteiger partial charge in [0.2, 0.25) is 6.35 Å². The number of amides is 4. The van der Waals surface area contributed by atoms with Crippen LogP contribution in [0.1, 0.15) is 27.2 Å². The van der Waals surface area contributed by atoms with Crippen LogP contribution in [0.25, 0.3) is 0 Å². The summed E-state index contributed by atoms with van der Waals surface area (Å²) in [5.74, 6) is 0.104. The van der Waals surface area contributed by atoms with Gasteiger partial charge in [0, 0.05) is 12.5 Å². The Kier molecular flexibility index (Phi) is 8.28. The van der Waals surface area contributed by atoms with Gasteiger partial charge in [0.05, 0.1) is 70.5 Å². The van der Waals surface area contributed by atoms with E-state index in [1.807, 2.05) is 13.8 Å². The van der Waals surface area contributed by atoms with Crippen LogP contribution >= 0.6 is 0 Å². The smallest absolute Gasteiger partial charge is 0.331 e. The third-order valence-electron chi connectivity index (χ3n) is 6.30. The molecule has 0 spiro atoms. The van der Waals surface area contributed by atoms with Crippen molar-refractivity contribution in [3.63, 3.8) is 0 Å². The van der Waals surface area contributed by atoms with Crippen LogP contribution < -0.4 is 0 Å². The summed E-state index contributed by atoms with van der Waals surface area (Å²) in [5.41, 5.74) is 0. The van der Waals surface area contributed by atoms with Crippen LogP contribution in [0.2, 0.25) is 0 Å². The van der Waals surface area contributed by atoms with E-state index in [1.54, 1.807) is 6.92 Å². The molecule has 194 valence electrons. The molecule has 4 rings (SSSR count). The molecule has 0 aromatic carbocycles. The largest absolute Gasteiger partial charge is 0.396 e. The molecule has 7 atom stereocenters. The first kappa shape index (κ1) is 25.5. The molecule has 3 heterocycles. The van der Waals surface area contributed by atoms with Crippen molar-refractivity contribution in [3.05, 3.63) is 0 Å². The molecule has 34 heavy (non-hydrogen) atoms. The zero-order valence-corrected chi connectivity index (χ0v) is 20.1. The summed E-state index contributed by atoms with van der Waals surface area (Å²) < 4.78 is 27.7. The number of aliphatic hydroxyl groups excluding tert-OH is 2. The highest BCUT2D eigenvalue weighted by Crippen LogP contribution is 2.34. The third-order valence-corrected chi connectivity index (χ3v) is 6.30. The summed E-state index contributed by atoms with van der Waals surface area (Å²) in [7, 11) is 0. The Balaban J connectivity index is 1.40. The number of urea groups is 2. The summed E-state index contributed by atoms with van der Waals surface area (Å²) in [6.07, 6.45) is -1.75. The fourth-order valence-corrected chi connectivity index (χ4v) is 3.97. The number of rotatable bonds is 15. The van der Waals surface area contributed by atoms with Gasteiger partial charge in [-0.1, -0.05) is 0 Å². The second kappa shape index (κ2) is 11.0. The molecule has 0 bridgehead atoms. The van der Waals surface area contributed by atoms with Crippen LogP contribution in [0.3, 0.4) is 0 Å². The van der Waals surface area contributed by atoms with Gasteiger partial charge in [-0.2, -0.15) is 0 Å². The van der Waals surface area contributed by atoms with E-state index in [0.717, 1.165) is 11.3 Å². The molecule has 1 saturated carbocycles. The number of carbonyl (C=O) groups is 2. The van der Waals surface area contributed by atoms with E-state index < -0.39 is 24.5 Å². The molecule has 0 aromatic rings. The van der Waals surface area contributed by atoms with Crippen molar-refractivity contribution in [3.8, 4) is 0 Å². The van der Waals surface area contributed by atoms with Crippen LogP contribution in [0, 0.1) is 5.92 Å². The highest BCUT2D eigenvalue weighted by molar-refractivity contribution is 5.96. The number of imide groups is 1. The summed E-state index contributed by atoms with van der Waals surface area (Å²) >= 11 is 0. The molecule has 4 fully saturated rings. The molecule has 4 amide bonds. The highest BCUT2D eigenvalue weighted by Gasteiger charge is 2.46. The monoisotopic (exact) mass is 487 g/mol. The van der Waals surface area contributed by atoms with Crippen LogP contribution in [0.5, 0.6) is 0 Å². The van der Waals surface area contributed by atoms with Gasteiger partial charge in [-0.05, 0) is 27.2 Å². The maximum atomic E-state index is 13.3. The van der Waals surface area contributed by atoms with Crippen LogP contribution in [0.4, 0.5) is 9.59 Å². The predicted octanol–water partition coefficient (Wildman–Crippen LogP) is -0.184. The first-order valence-electron chi connectivity index (χ1n) is 12.1. The molecule has 12 nitrogen and oxygen atoms in total. The van der Waals surface area contributed by atoms with E-state index in [2.05, 4.69) is 0 Å². The molecule has 4 aliphatic rings. The lowest BCUT2D eigenvalue weighted by Crippen LogP contribution is -2.68. The standard InChI is InChI=1S/C22H37N3O9/c1-13(30-9-17-11-32-17)5-23-20(27)24(6-14(2)31-10-18-12-33-18)22(29)25(21(23)28)7-15(3)34-19-4-16(19)8-26/h13-20,26-27H,4-12H2,1-3H3. The van der Waals surface area contributed by atoms with Crippen molar-refractivity contribution >= 4 is 12.1 Å². The minimum Gasteiger partial charge on any atom is -0.396 e. The number of hydrogen-bond donors (Lipinski definition) is 2. The number of carbonyl (C=O) groups excluding carboxylic acids is 2. The van der Waals surface area contributed by atoms with Crippen LogP contribution in [-0.4, -0.2) is 133 Å². The summed E-state index contributed by atoms with van der Waals surface area (Å²) in [5, 5.41) is 20.2. The van der Waals surface area contributed by atoms with Crippen molar-refractivity contribution in [1.82, 2.24) is 14.7 Å². The fraction of sp³-hybridized carbons (Fsp3) is 0.909. The maximum Gasteiger partial charge on any atom is 0.331 e. The molecular weight excluding hydrogens is 450 g/mol. The van der Waals surface area contributed by atoms with Gasteiger partial charge in [0.25, 0.3) is 0 Å². The van der Waals surface area contributed by atoms with Crippen molar-refractivity contribution < 1.29 is 43.5 Å². The number of nitrogens with zero attached hydrogens (tertiary/aromatic N) is 3. The average molecular weight is 488 g/mol. The molecular formula is C22H37N3O9. The van der Waals surface area contributed by atoms with Crippen LogP contribution in [-0.2, 0) is 23.7 Å². The normalized spacial score (nSPS) is 33.2. The van der Waals surface area contributed by atoms with Gasteiger partial charge in [0.15, 0.2) is 0 Å². The van der Waals surface area contributed by atoms with Gasteiger partial charge in [-0.15, -0.1) is 0 Å². The van der Waals surface area contributed by atoms with Crippen molar-refractivity contribution in [2.75, 3.05) is 52.7 Å². The van der Waals surface area contributed by atoms with E-state index in [1.165, 1.54) is 9.80 Å². The average Bonchev–Trinajstić information content (AvgIpc) is 3.67. The van der Waals surface area contributed by atoms with Crippen LogP contribution in [0.15, 0.2) is 0 Å². The van der Waals surface area contributed by atoms with E-state index in [9.17, 15) is 19.8 Å². The summed E-state index contributed by atoms with van der Waals surface area (Å²) in [4.78, 5) is 30.1. The Morgan fingerprint density at radius 3 is 1.82 bits per heavy atom. The lowest BCUT2D eigenvalue weighted by molar-refractivity contribution is -0.121. The van der Waals surface area contributed by atoms with E-state index in [-0.39, 0.29) is 62.7 Å². The van der Waals surface area contributed by atoms with Crippen molar-refractivity contribution in [1.29, 1.82) is 0 Å². The Morgan fingerprint density at radius 1 is 0.912 bits per heavy atom. The van der Waals surface area contributed by atoms with Gasteiger partial charge in [-0.25, -0.2) is 14.5 Å². The van der Waals surface area contributed by atoms with E-state index in [0.29, 0.717) is 26.4 Å². The Bertz CT molecular complexity index is 676. The molecule has 3 aliphatic heterocycles. The molecule has 2 N–H and O–H groups in total.